The molecule has 1 fully saturated rings. The quantitative estimate of drug-likeness (QED) is 0.739. The van der Waals surface area contributed by atoms with Crippen molar-refractivity contribution < 1.29 is 23.8 Å². The van der Waals surface area contributed by atoms with Gasteiger partial charge in [-0.15, -0.1) is 0 Å². The lowest BCUT2D eigenvalue weighted by Crippen LogP contribution is -2.28. The van der Waals surface area contributed by atoms with Crippen molar-refractivity contribution in [1.29, 1.82) is 0 Å². The molecule has 7 nitrogen and oxygen atoms in total. The van der Waals surface area contributed by atoms with Gasteiger partial charge in [-0.1, -0.05) is 6.07 Å². The zero-order valence-corrected chi connectivity index (χ0v) is 16.9. The van der Waals surface area contributed by atoms with Crippen LogP contribution in [0.25, 0.3) is 0 Å². The Labute approximate surface area is 170 Å². The van der Waals surface area contributed by atoms with Crippen LogP contribution in [0.1, 0.15) is 18.9 Å². The third kappa shape index (κ3) is 4.99. The number of ether oxygens (including phenoxy) is 3. The maximum Gasteiger partial charge on any atom is 0.229 e. The number of nitrogens with one attached hydrogen (secondary N) is 1. The standard InChI is InChI=1S/C22H26N2O5/c1-4-29-18-8-6-17(7-9-18)23-22(26)16-12-21(25)24(14-16)13-15-5-10-19(27-2)20(11-15)28-3/h5-11,16H,4,12-14H2,1-3H3,(H,23,26). The number of amides is 2. The normalized spacial score (nSPS) is 15.9. The highest BCUT2D eigenvalue weighted by Crippen LogP contribution is 2.29. The average Bonchev–Trinajstić information content (AvgIpc) is 3.10. The van der Waals surface area contributed by atoms with Crippen LogP contribution in [0, 0.1) is 5.92 Å². The third-order valence-corrected chi connectivity index (χ3v) is 4.84. The smallest absolute Gasteiger partial charge is 0.229 e. The Hall–Kier alpha value is -3.22. The lowest BCUT2D eigenvalue weighted by Gasteiger charge is -2.18. The minimum Gasteiger partial charge on any atom is -0.494 e. The van der Waals surface area contributed by atoms with Crippen molar-refractivity contribution >= 4 is 17.5 Å². The molecule has 0 saturated carbocycles. The molecule has 154 valence electrons. The molecule has 0 radical (unpaired) electrons. The second-order valence-corrected chi connectivity index (χ2v) is 6.81. The molecule has 2 aromatic carbocycles. The van der Waals surface area contributed by atoms with Gasteiger partial charge in [0.05, 0.1) is 26.7 Å². The van der Waals surface area contributed by atoms with Crippen LogP contribution in [-0.2, 0) is 16.1 Å². The van der Waals surface area contributed by atoms with E-state index in [0.29, 0.717) is 36.9 Å². The Kier molecular flexibility index (Phi) is 6.59. The number of benzene rings is 2. The fraction of sp³-hybridized carbons (Fsp3) is 0.364. The van der Waals surface area contributed by atoms with E-state index in [4.69, 9.17) is 14.2 Å². The van der Waals surface area contributed by atoms with Crippen LogP contribution in [0.2, 0.25) is 0 Å². The lowest BCUT2D eigenvalue weighted by molar-refractivity contribution is -0.128. The second kappa shape index (κ2) is 9.32. The van der Waals surface area contributed by atoms with Crippen LogP contribution in [-0.4, -0.2) is 44.1 Å². The summed E-state index contributed by atoms with van der Waals surface area (Å²) >= 11 is 0. The number of carbonyl (C=O) groups excluding carboxylic acids is 2. The topological polar surface area (TPSA) is 77.1 Å². The molecule has 29 heavy (non-hydrogen) atoms. The van der Waals surface area contributed by atoms with E-state index in [9.17, 15) is 9.59 Å². The van der Waals surface area contributed by atoms with Gasteiger partial charge < -0.3 is 24.4 Å². The zero-order chi connectivity index (χ0) is 20.8. The predicted octanol–water partition coefficient (Wildman–Crippen LogP) is 3.09. The summed E-state index contributed by atoms with van der Waals surface area (Å²) in [7, 11) is 3.15. The highest BCUT2D eigenvalue weighted by Gasteiger charge is 2.34. The van der Waals surface area contributed by atoms with Gasteiger partial charge in [0, 0.05) is 25.2 Å². The Bertz CT molecular complexity index is 866. The van der Waals surface area contributed by atoms with E-state index < -0.39 is 0 Å². The van der Waals surface area contributed by atoms with E-state index in [1.807, 2.05) is 37.3 Å². The fourth-order valence-corrected chi connectivity index (χ4v) is 3.35. The molecule has 1 atom stereocenters. The van der Waals surface area contributed by atoms with Crippen molar-refractivity contribution in [3.8, 4) is 17.2 Å². The van der Waals surface area contributed by atoms with Crippen molar-refractivity contribution in [2.45, 2.75) is 19.9 Å². The Morgan fingerprint density at radius 3 is 2.48 bits per heavy atom. The average molecular weight is 398 g/mol. The molecule has 1 saturated heterocycles. The first kappa shape index (κ1) is 20.5. The Morgan fingerprint density at radius 2 is 1.83 bits per heavy atom. The van der Waals surface area contributed by atoms with Gasteiger partial charge in [-0.25, -0.2) is 0 Å². The minimum absolute atomic E-state index is 0.0355. The summed E-state index contributed by atoms with van der Waals surface area (Å²) in [6.45, 7) is 3.31. The second-order valence-electron chi connectivity index (χ2n) is 6.81. The molecule has 7 heteroatoms. The summed E-state index contributed by atoms with van der Waals surface area (Å²) in [6.07, 6.45) is 0.205. The van der Waals surface area contributed by atoms with Gasteiger partial charge in [0.2, 0.25) is 11.8 Å². The predicted molar refractivity (Wildman–Crippen MR) is 109 cm³/mol. The molecule has 3 rings (SSSR count). The Balaban J connectivity index is 1.60. The van der Waals surface area contributed by atoms with E-state index in [1.165, 1.54) is 0 Å². The largest absolute Gasteiger partial charge is 0.494 e. The van der Waals surface area contributed by atoms with E-state index in [-0.39, 0.29) is 24.2 Å². The first-order valence-corrected chi connectivity index (χ1v) is 9.56. The molecule has 1 N–H and O–H groups in total. The van der Waals surface area contributed by atoms with Crippen LogP contribution >= 0.6 is 0 Å². The number of likely N-dealkylation sites (tertiary alicyclic amines) is 1. The molecule has 2 amide bonds. The lowest BCUT2D eigenvalue weighted by atomic mass is 10.1. The first-order chi connectivity index (χ1) is 14.0. The van der Waals surface area contributed by atoms with Crippen molar-refractivity contribution in [3.63, 3.8) is 0 Å². The maximum absolute atomic E-state index is 12.6. The van der Waals surface area contributed by atoms with E-state index in [1.54, 1.807) is 31.3 Å². The molecule has 1 heterocycles. The van der Waals surface area contributed by atoms with E-state index in [2.05, 4.69) is 5.32 Å². The molecular weight excluding hydrogens is 372 g/mol. The number of methoxy groups -OCH3 is 2. The summed E-state index contributed by atoms with van der Waals surface area (Å²) in [6, 6.07) is 12.7. The molecule has 1 aliphatic rings. The molecule has 0 bridgehead atoms. The molecule has 0 aromatic heterocycles. The highest BCUT2D eigenvalue weighted by atomic mass is 16.5. The summed E-state index contributed by atoms with van der Waals surface area (Å²) in [4.78, 5) is 26.7. The number of carbonyl (C=O) groups is 2. The van der Waals surface area contributed by atoms with Crippen molar-refractivity contribution in [2.24, 2.45) is 5.92 Å². The minimum atomic E-state index is -0.380. The Morgan fingerprint density at radius 1 is 1.10 bits per heavy atom. The SMILES string of the molecule is CCOc1ccc(NC(=O)C2CC(=O)N(Cc3ccc(OC)c(OC)c3)C2)cc1. The number of anilines is 1. The van der Waals surface area contributed by atoms with Gasteiger partial charge in [-0.3, -0.25) is 9.59 Å². The molecule has 2 aromatic rings. The van der Waals surface area contributed by atoms with E-state index >= 15 is 0 Å². The maximum atomic E-state index is 12.6. The van der Waals surface area contributed by atoms with Gasteiger partial charge in [-0.2, -0.15) is 0 Å². The van der Waals surface area contributed by atoms with Crippen molar-refractivity contribution in [1.82, 2.24) is 4.90 Å². The molecule has 1 aliphatic heterocycles. The summed E-state index contributed by atoms with van der Waals surface area (Å²) in [5.74, 6) is 1.43. The van der Waals surface area contributed by atoms with Crippen LogP contribution < -0.4 is 19.5 Å². The van der Waals surface area contributed by atoms with Gasteiger partial charge in [0.15, 0.2) is 11.5 Å². The van der Waals surface area contributed by atoms with Crippen molar-refractivity contribution in [3.05, 3.63) is 48.0 Å². The van der Waals surface area contributed by atoms with Crippen LogP contribution in [0.3, 0.4) is 0 Å². The van der Waals surface area contributed by atoms with Gasteiger partial charge in [0.25, 0.3) is 0 Å². The summed E-state index contributed by atoms with van der Waals surface area (Å²) in [5, 5.41) is 2.88. The van der Waals surface area contributed by atoms with Gasteiger partial charge in [0.1, 0.15) is 5.75 Å². The molecule has 0 spiro atoms. The highest BCUT2D eigenvalue weighted by molar-refractivity contribution is 5.97. The number of hydrogen-bond acceptors (Lipinski definition) is 5. The number of nitrogens with zero attached hydrogens (tertiary/aromatic N) is 1. The zero-order valence-electron chi connectivity index (χ0n) is 16.9. The first-order valence-electron chi connectivity index (χ1n) is 9.56. The van der Waals surface area contributed by atoms with Crippen LogP contribution in [0.5, 0.6) is 17.2 Å². The molecular formula is C22H26N2O5. The monoisotopic (exact) mass is 398 g/mol. The summed E-state index contributed by atoms with van der Waals surface area (Å²) < 4.78 is 16.0. The van der Waals surface area contributed by atoms with Crippen LogP contribution in [0.15, 0.2) is 42.5 Å². The number of hydrogen-bond donors (Lipinski definition) is 1. The van der Waals surface area contributed by atoms with Crippen molar-refractivity contribution in [2.75, 3.05) is 32.7 Å². The van der Waals surface area contributed by atoms with Gasteiger partial charge in [-0.05, 0) is 48.9 Å². The fourth-order valence-electron chi connectivity index (χ4n) is 3.35. The molecule has 0 aliphatic carbocycles. The third-order valence-electron chi connectivity index (χ3n) is 4.84. The van der Waals surface area contributed by atoms with E-state index in [0.717, 1.165) is 11.3 Å². The number of rotatable bonds is 8. The molecule has 1 unspecified atom stereocenters. The van der Waals surface area contributed by atoms with Crippen LogP contribution in [0.4, 0.5) is 5.69 Å². The van der Waals surface area contributed by atoms with Gasteiger partial charge >= 0.3 is 0 Å². The summed E-state index contributed by atoms with van der Waals surface area (Å²) in [5.41, 5.74) is 1.60.